The lowest BCUT2D eigenvalue weighted by atomic mass is 10.1. The Bertz CT molecular complexity index is 1460. The van der Waals surface area contributed by atoms with Crippen LogP contribution in [0.25, 0.3) is 0 Å². The molecule has 5 rings (SSSR count). The van der Waals surface area contributed by atoms with Gasteiger partial charge in [-0.3, -0.25) is 9.69 Å². The summed E-state index contributed by atoms with van der Waals surface area (Å²) >= 11 is 0. The number of nitrogens with zero attached hydrogens (tertiary/aromatic N) is 3. The highest BCUT2D eigenvalue weighted by atomic mass is 32.2. The van der Waals surface area contributed by atoms with E-state index in [1.807, 2.05) is 48.5 Å². The molecule has 0 bridgehead atoms. The molecule has 10 nitrogen and oxygen atoms in total. The number of piperazine rings is 1. The molecule has 0 saturated carbocycles. The van der Waals surface area contributed by atoms with Crippen molar-refractivity contribution in [3.8, 4) is 23.0 Å². The van der Waals surface area contributed by atoms with Crippen LogP contribution in [0.5, 0.6) is 23.0 Å². The standard InChI is InChI=1S/C30H35N3O7S/c1-37-26-11-9-25(19-28(26)38-2)41(35,36)33(13-12-23-6-4-3-5-7-23)21-30(34)32-16-14-31(15-17-32)20-24-8-10-27-29(18-24)40-22-39-27/h3-11,18-19H,12-17,20-22H2,1-2H3. The summed E-state index contributed by atoms with van der Waals surface area (Å²) in [7, 11) is -1.05. The first-order chi connectivity index (χ1) is 19.9. The van der Waals surface area contributed by atoms with Crippen molar-refractivity contribution in [2.45, 2.75) is 17.9 Å². The molecule has 2 aliphatic heterocycles. The lowest BCUT2D eigenvalue weighted by Crippen LogP contribution is -2.51. The second-order valence-corrected chi connectivity index (χ2v) is 11.9. The fourth-order valence-corrected chi connectivity index (χ4v) is 6.42. The minimum Gasteiger partial charge on any atom is -0.493 e. The van der Waals surface area contributed by atoms with Crippen molar-refractivity contribution in [2.75, 3.05) is 60.3 Å². The summed E-state index contributed by atoms with van der Waals surface area (Å²) in [5.41, 5.74) is 2.10. The zero-order valence-electron chi connectivity index (χ0n) is 23.3. The topological polar surface area (TPSA) is 97.9 Å². The maximum atomic E-state index is 13.8. The molecule has 3 aromatic carbocycles. The van der Waals surface area contributed by atoms with Gasteiger partial charge in [0.15, 0.2) is 23.0 Å². The molecule has 0 radical (unpaired) electrons. The Hall–Kier alpha value is -3.80. The molecule has 218 valence electrons. The van der Waals surface area contributed by atoms with Crippen LogP contribution in [0.15, 0.2) is 71.6 Å². The number of hydrogen-bond acceptors (Lipinski definition) is 8. The zero-order chi connectivity index (χ0) is 28.8. The highest BCUT2D eigenvalue weighted by Crippen LogP contribution is 2.33. The summed E-state index contributed by atoms with van der Waals surface area (Å²) in [5, 5.41) is 0. The van der Waals surface area contributed by atoms with Crippen LogP contribution in [-0.4, -0.2) is 88.7 Å². The molecule has 0 N–H and O–H groups in total. The molecular weight excluding hydrogens is 546 g/mol. The van der Waals surface area contributed by atoms with Crippen molar-refractivity contribution in [1.29, 1.82) is 0 Å². The first-order valence-corrected chi connectivity index (χ1v) is 15.0. The van der Waals surface area contributed by atoms with Gasteiger partial charge in [-0.1, -0.05) is 36.4 Å². The van der Waals surface area contributed by atoms with Gasteiger partial charge >= 0.3 is 0 Å². The summed E-state index contributed by atoms with van der Waals surface area (Å²) in [6.45, 7) is 3.30. The molecule has 0 spiro atoms. The Labute approximate surface area is 241 Å². The number of benzene rings is 3. The van der Waals surface area contributed by atoms with E-state index in [1.54, 1.807) is 11.0 Å². The van der Waals surface area contributed by atoms with Crippen molar-refractivity contribution in [2.24, 2.45) is 0 Å². The van der Waals surface area contributed by atoms with Crippen LogP contribution in [-0.2, 0) is 27.8 Å². The number of sulfonamides is 1. The fraction of sp³-hybridized carbons (Fsp3) is 0.367. The highest BCUT2D eigenvalue weighted by molar-refractivity contribution is 7.89. The minimum atomic E-state index is -4.00. The number of ether oxygens (including phenoxy) is 4. The molecule has 41 heavy (non-hydrogen) atoms. The Morgan fingerprint density at radius 3 is 2.32 bits per heavy atom. The quantitative estimate of drug-likeness (QED) is 0.341. The van der Waals surface area contributed by atoms with Crippen LogP contribution in [0.2, 0.25) is 0 Å². The number of carbonyl (C=O) groups excluding carboxylic acids is 1. The van der Waals surface area contributed by atoms with E-state index in [9.17, 15) is 13.2 Å². The van der Waals surface area contributed by atoms with Crippen molar-refractivity contribution in [3.63, 3.8) is 0 Å². The summed E-state index contributed by atoms with van der Waals surface area (Å²) in [4.78, 5) is 17.5. The molecule has 0 unspecified atom stereocenters. The van der Waals surface area contributed by atoms with Gasteiger partial charge in [-0.2, -0.15) is 4.31 Å². The van der Waals surface area contributed by atoms with Gasteiger partial charge in [0.25, 0.3) is 0 Å². The average Bonchev–Trinajstić information content (AvgIpc) is 3.47. The van der Waals surface area contributed by atoms with Gasteiger partial charge in [-0.05, 0) is 41.8 Å². The van der Waals surface area contributed by atoms with E-state index in [-0.39, 0.29) is 30.7 Å². The van der Waals surface area contributed by atoms with Gasteiger partial charge in [0.05, 0.1) is 25.7 Å². The molecular formula is C30H35N3O7S. The minimum absolute atomic E-state index is 0.0459. The Kier molecular flexibility index (Phi) is 8.96. The van der Waals surface area contributed by atoms with E-state index in [1.165, 1.54) is 30.7 Å². The maximum Gasteiger partial charge on any atom is 0.243 e. The van der Waals surface area contributed by atoms with Gasteiger partial charge in [0.1, 0.15) is 0 Å². The second-order valence-electron chi connectivity index (χ2n) is 9.94. The summed E-state index contributed by atoms with van der Waals surface area (Å²) in [5.74, 6) is 2.02. The number of carbonyl (C=O) groups is 1. The summed E-state index contributed by atoms with van der Waals surface area (Å²) in [6.07, 6.45) is 0.476. The van der Waals surface area contributed by atoms with Crippen LogP contribution in [0.1, 0.15) is 11.1 Å². The van der Waals surface area contributed by atoms with Gasteiger partial charge < -0.3 is 23.8 Å². The number of rotatable bonds is 11. The predicted molar refractivity (Wildman–Crippen MR) is 153 cm³/mol. The number of hydrogen-bond donors (Lipinski definition) is 0. The normalized spacial score (nSPS) is 15.2. The first-order valence-electron chi connectivity index (χ1n) is 13.5. The third kappa shape index (κ3) is 6.75. The maximum absolute atomic E-state index is 13.8. The van der Waals surface area contributed by atoms with E-state index in [2.05, 4.69) is 4.90 Å². The van der Waals surface area contributed by atoms with E-state index in [0.717, 1.165) is 29.2 Å². The predicted octanol–water partition coefficient (Wildman–Crippen LogP) is 3.01. The molecule has 1 saturated heterocycles. The lowest BCUT2D eigenvalue weighted by molar-refractivity contribution is -0.133. The van der Waals surface area contributed by atoms with E-state index in [4.69, 9.17) is 18.9 Å². The van der Waals surface area contributed by atoms with Gasteiger partial charge in [0.2, 0.25) is 22.7 Å². The van der Waals surface area contributed by atoms with Crippen molar-refractivity contribution >= 4 is 15.9 Å². The molecule has 3 aromatic rings. The molecule has 0 aromatic heterocycles. The smallest absolute Gasteiger partial charge is 0.243 e. The third-order valence-corrected chi connectivity index (χ3v) is 9.21. The SMILES string of the molecule is COc1ccc(S(=O)(=O)N(CCc2ccccc2)CC(=O)N2CCN(Cc3ccc4c(c3)OCO4)CC2)cc1OC. The van der Waals surface area contributed by atoms with Crippen LogP contribution < -0.4 is 18.9 Å². The molecule has 2 aliphatic rings. The van der Waals surface area contributed by atoms with Crippen molar-refractivity contribution in [1.82, 2.24) is 14.1 Å². The number of fused-ring (bicyclic) bond motifs is 1. The number of amides is 1. The largest absolute Gasteiger partial charge is 0.493 e. The Morgan fingerprint density at radius 2 is 1.59 bits per heavy atom. The fourth-order valence-electron chi connectivity index (χ4n) is 5.01. The Balaban J connectivity index is 1.26. The highest BCUT2D eigenvalue weighted by Gasteiger charge is 2.30. The molecule has 1 fully saturated rings. The van der Waals surface area contributed by atoms with Gasteiger partial charge in [-0.25, -0.2) is 8.42 Å². The second kappa shape index (κ2) is 12.8. The summed E-state index contributed by atoms with van der Waals surface area (Å²) < 4.78 is 50.4. The molecule has 0 aliphatic carbocycles. The van der Waals surface area contributed by atoms with Crippen molar-refractivity contribution in [3.05, 3.63) is 77.9 Å². The lowest BCUT2D eigenvalue weighted by Gasteiger charge is -2.35. The Morgan fingerprint density at radius 1 is 0.854 bits per heavy atom. The zero-order valence-corrected chi connectivity index (χ0v) is 24.1. The first kappa shape index (κ1) is 28.7. The molecule has 11 heteroatoms. The monoisotopic (exact) mass is 581 g/mol. The van der Waals surface area contributed by atoms with Crippen LogP contribution in [0.4, 0.5) is 0 Å². The molecule has 1 amide bonds. The summed E-state index contributed by atoms with van der Waals surface area (Å²) in [6, 6.07) is 20.0. The number of methoxy groups -OCH3 is 2. The van der Waals surface area contributed by atoms with E-state index < -0.39 is 10.0 Å². The van der Waals surface area contributed by atoms with Gasteiger partial charge in [-0.15, -0.1) is 0 Å². The van der Waals surface area contributed by atoms with E-state index >= 15 is 0 Å². The van der Waals surface area contributed by atoms with Gasteiger partial charge in [0, 0.05) is 45.3 Å². The average molecular weight is 582 g/mol. The van der Waals surface area contributed by atoms with Crippen LogP contribution in [0.3, 0.4) is 0 Å². The molecule has 0 atom stereocenters. The van der Waals surface area contributed by atoms with E-state index in [0.29, 0.717) is 44.1 Å². The third-order valence-electron chi connectivity index (χ3n) is 7.37. The van der Waals surface area contributed by atoms with Crippen molar-refractivity contribution < 1.29 is 32.2 Å². The van der Waals surface area contributed by atoms with Crippen LogP contribution >= 0.6 is 0 Å². The molecule has 2 heterocycles. The van der Waals surface area contributed by atoms with Crippen LogP contribution in [0, 0.1) is 0 Å².